The van der Waals surface area contributed by atoms with Gasteiger partial charge >= 0.3 is 0 Å². The van der Waals surface area contributed by atoms with Crippen LogP contribution in [0.5, 0.6) is 5.75 Å². The molecule has 0 bridgehead atoms. The molecule has 2 atom stereocenters. The van der Waals surface area contributed by atoms with Crippen molar-refractivity contribution in [2.24, 2.45) is 5.92 Å². The van der Waals surface area contributed by atoms with E-state index in [1.807, 2.05) is 0 Å². The van der Waals surface area contributed by atoms with Crippen LogP contribution in [-0.4, -0.2) is 44.4 Å². The molecule has 1 fully saturated rings. The van der Waals surface area contributed by atoms with E-state index in [1.54, 1.807) is 12.1 Å². The molecule has 0 spiro atoms. The van der Waals surface area contributed by atoms with Crippen molar-refractivity contribution in [3.63, 3.8) is 0 Å². The summed E-state index contributed by atoms with van der Waals surface area (Å²) >= 11 is 0. The van der Waals surface area contributed by atoms with E-state index in [-0.39, 0.29) is 41.7 Å². The summed E-state index contributed by atoms with van der Waals surface area (Å²) in [6.07, 6.45) is 5.30. The van der Waals surface area contributed by atoms with Crippen LogP contribution in [-0.2, 0) is 4.79 Å². The van der Waals surface area contributed by atoms with Gasteiger partial charge in [0.2, 0.25) is 5.91 Å². The standard InChI is InChI=1S/C22H22F2N6O3/c1-13(31)27-20-8-6-18(30-25-9-10-26-30)21(29-20)22(32)28-17-4-2-3-14(17)12-33-19-7-5-15(23)11-16(19)24/h5-11,14,17H,2-4,12H2,1H3,(H,28,32)(H,27,29,31)/t14-,17+/m1/s1. The van der Waals surface area contributed by atoms with E-state index in [0.29, 0.717) is 12.1 Å². The van der Waals surface area contributed by atoms with Crippen LogP contribution in [0, 0.1) is 17.6 Å². The maximum Gasteiger partial charge on any atom is 0.272 e. The number of carbonyl (C=O) groups excluding carboxylic acids is 2. The van der Waals surface area contributed by atoms with Gasteiger partial charge in [-0.1, -0.05) is 6.42 Å². The van der Waals surface area contributed by atoms with Crippen LogP contribution in [0.15, 0.2) is 42.7 Å². The van der Waals surface area contributed by atoms with Crippen LogP contribution in [0.1, 0.15) is 36.7 Å². The molecular weight excluding hydrogens is 434 g/mol. The lowest BCUT2D eigenvalue weighted by Gasteiger charge is -2.22. The smallest absolute Gasteiger partial charge is 0.272 e. The number of halogens is 2. The maximum atomic E-state index is 13.9. The Bertz CT molecular complexity index is 1160. The van der Waals surface area contributed by atoms with Gasteiger partial charge in [0.25, 0.3) is 5.91 Å². The van der Waals surface area contributed by atoms with E-state index in [9.17, 15) is 18.4 Å². The largest absolute Gasteiger partial charge is 0.490 e. The summed E-state index contributed by atoms with van der Waals surface area (Å²) in [5, 5.41) is 13.7. The molecule has 0 saturated heterocycles. The molecule has 2 heterocycles. The first-order valence-electron chi connectivity index (χ1n) is 10.4. The van der Waals surface area contributed by atoms with Gasteiger partial charge in [-0.25, -0.2) is 13.8 Å². The number of carbonyl (C=O) groups is 2. The predicted octanol–water partition coefficient (Wildman–Crippen LogP) is 2.88. The summed E-state index contributed by atoms with van der Waals surface area (Å²) in [4.78, 5) is 30.1. The average Bonchev–Trinajstić information content (AvgIpc) is 3.45. The molecule has 1 aliphatic rings. The van der Waals surface area contributed by atoms with E-state index < -0.39 is 17.5 Å². The number of nitrogens with one attached hydrogen (secondary N) is 2. The number of anilines is 1. The van der Waals surface area contributed by atoms with Crippen molar-refractivity contribution in [3.05, 3.63) is 60.1 Å². The third kappa shape index (κ3) is 5.30. The molecule has 3 aromatic rings. The van der Waals surface area contributed by atoms with Crippen LogP contribution < -0.4 is 15.4 Å². The molecule has 11 heteroatoms. The topological polar surface area (TPSA) is 111 Å². The van der Waals surface area contributed by atoms with Crippen molar-refractivity contribution in [3.8, 4) is 11.4 Å². The minimum atomic E-state index is -0.774. The third-order valence-corrected chi connectivity index (χ3v) is 5.35. The Labute approximate surface area is 188 Å². The molecule has 2 aromatic heterocycles. The summed E-state index contributed by atoms with van der Waals surface area (Å²) < 4.78 is 32.5. The molecule has 1 aromatic carbocycles. The van der Waals surface area contributed by atoms with E-state index >= 15 is 0 Å². The maximum absolute atomic E-state index is 13.9. The van der Waals surface area contributed by atoms with E-state index in [1.165, 1.54) is 30.2 Å². The van der Waals surface area contributed by atoms with Gasteiger partial charge in [-0.3, -0.25) is 9.59 Å². The second kappa shape index (κ2) is 9.72. The number of aromatic nitrogens is 4. The van der Waals surface area contributed by atoms with Crippen molar-refractivity contribution < 1.29 is 23.1 Å². The van der Waals surface area contributed by atoms with Crippen molar-refractivity contribution in [1.82, 2.24) is 25.3 Å². The highest BCUT2D eigenvalue weighted by molar-refractivity contribution is 5.97. The van der Waals surface area contributed by atoms with Crippen molar-refractivity contribution in [2.75, 3.05) is 11.9 Å². The first-order valence-corrected chi connectivity index (χ1v) is 10.4. The first kappa shape index (κ1) is 22.3. The van der Waals surface area contributed by atoms with Gasteiger partial charge in [-0.2, -0.15) is 10.2 Å². The number of amides is 2. The van der Waals surface area contributed by atoms with Gasteiger partial charge < -0.3 is 15.4 Å². The van der Waals surface area contributed by atoms with Crippen LogP contribution in [0.3, 0.4) is 0 Å². The fourth-order valence-electron chi connectivity index (χ4n) is 3.82. The number of hydrogen-bond donors (Lipinski definition) is 2. The van der Waals surface area contributed by atoms with Crippen LogP contribution in [0.4, 0.5) is 14.6 Å². The Balaban J connectivity index is 1.49. The monoisotopic (exact) mass is 456 g/mol. The van der Waals surface area contributed by atoms with Gasteiger partial charge in [0.15, 0.2) is 17.3 Å². The Hall–Kier alpha value is -3.89. The van der Waals surface area contributed by atoms with Crippen LogP contribution >= 0.6 is 0 Å². The van der Waals surface area contributed by atoms with E-state index in [0.717, 1.165) is 25.0 Å². The zero-order valence-electron chi connectivity index (χ0n) is 17.8. The molecule has 4 rings (SSSR count). The number of ether oxygens (including phenoxy) is 1. The lowest BCUT2D eigenvalue weighted by atomic mass is 10.0. The van der Waals surface area contributed by atoms with Gasteiger partial charge in [0.05, 0.1) is 19.0 Å². The van der Waals surface area contributed by atoms with Crippen LogP contribution in [0.2, 0.25) is 0 Å². The van der Waals surface area contributed by atoms with Gasteiger partial charge in [0.1, 0.15) is 17.3 Å². The van der Waals surface area contributed by atoms with Crippen molar-refractivity contribution in [1.29, 1.82) is 0 Å². The summed E-state index contributed by atoms with van der Waals surface area (Å²) in [6.45, 7) is 1.51. The minimum absolute atomic E-state index is 0.0369. The Morgan fingerprint density at radius 2 is 1.94 bits per heavy atom. The number of nitrogens with zero attached hydrogens (tertiary/aromatic N) is 4. The minimum Gasteiger partial charge on any atom is -0.490 e. The molecule has 1 saturated carbocycles. The fourth-order valence-corrected chi connectivity index (χ4v) is 3.82. The van der Waals surface area contributed by atoms with Crippen molar-refractivity contribution >= 4 is 17.6 Å². The lowest BCUT2D eigenvalue weighted by molar-refractivity contribution is -0.114. The highest BCUT2D eigenvalue weighted by Gasteiger charge is 2.31. The summed E-state index contributed by atoms with van der Waals surface area (Å²) in [7, 11) is 0. The fraction of sp³-hybridized carbons (Fsp3) is 0.318. The third-order valence-electron chi connectivity index (χ3n) is 5.35. The molecule has 0 aliphatic heterocycles. The predicted molar refractivity (Wildman–Crippen MR) is 114 cm³/mol. The molecule has 1 aliphatic carbocycles. The molecule has 172 valence electrons. The number of rotatable bonds is 7. The molecule has 2 amide bonds. The second-order valence-corrected chi connectivity index (χ2v) is 7.72. The Morgan fingerprint density at radius 1 is 1.15 bits per heavy atom. The molecule has 0 radical (unpaired) electrons. The van der Waals surface area contributed by atoms with E-state index in [2.05, 4.69) is 25.8 Å². The average molecular weight is 456 g/mol. The van der Waals surface area contributed by atoms with Gasteiger partial charge in [-0.05, 0) is 37.1 Å². The number of benzene rings is 1. The highest BCUT2D eigenvalue weighted by atomic mass is 19.1. The lowest BCUT2D eigenvalue weighted by Crippen LogP contribution is -2.40. The van der Waals surface area contributed by atoms with Gasteiger partial charge in [0, 0.05) is 24.9 Å². The summed E-state index contributed by atoms with van der Waals surface area (Å²) in [6, 6.07) is 6.06. The number of pyridine rings is 1. The summed E-state index contributed by atoms with van der Waals surface area (Å²) in [5.41, 5.74) is 0.402. The molecule has 2 N–H and O–H groups in total. The Morgan fingerprint density at radius 3 is 2.67 bits per heavy atom. The van der Waals surface area contributed by atoms with Crippen molar-refractivity contribution in [2.45, 2.75) is 32.2 Å². The first-order chi connectivity index (χ1) is 15.9. The quantitative estimate of drug-likeness (QED) is 0.566. The van der Waals surface area contributed by atoms with E-state index in [4.69, 9.17) is 4.74 Å². The molecule has 9 nitrogen and oxygen atoms in total. The highest BCUT2D eigenvalue weighted by Crippen LogP contribution is 2.28. The summed E-state index contributed by atoms with van der Waals surface area (Å²) in [5.74, 6) is -2.11. The molecule has 33 heavy (non-hydrogen) atoms. The molecular formula is C22H22F2N6O3. The van der Waals surface area contributed by atoms with Gasteiger partial charge in [-0.15, -0.1) is 4.80 Å². The normalized spacial score (nSPS) is 17.5. The van der Waals surface area contributed by atoms with Crippen LogP contribution in [0.25, 0.3) is 5.69 Å². The number of hydrogen-bond acceptors (Lipinski definition) is 6. The Kier molecular flexibility index (Phi) is 6.57. The zero-order chi connectivity index (χ0) is 23.4. The molecule has 0 unspecified atom stereocenters. The zero-order valence-corrected chi connectivity index (χ0v) is 17.8. The second-order valence-electron chi connectivity index (χ2n) is 7.72. The SMILES string of the molecule is CC(=O)Nc1ccc(-n2nccn2)c(C(=O)N[C@H]2CCC[C@@H]2COc2ccc(F)cc2F)n1.